The molecule has 0 aliphatic carbocycles. The fourth-order valence-electron chi connectivity index (χ4n) is 2.33. The average Bonchev–Trinajstić information content (AvgIpc) is 2.97. The van der Waals surface area contributed by atoms with Crippen LogP contribution in [-0.2, 0) is 11.8 Å². The lowest BCUT2D eigenvalue weighted by Gasteiger charge is -2.14. The Morgan fingerprint density at radius 2 is 1.81 bits per heavy atom. The molecule has 0 aliphatic rings. The van der Waals surface area contributed by atoms with Gasteiger partial charge in [-0.15, -0.1) is 36.2 Å². The fourth-order valence-corrected chi connectivity index (χ4v) is 3.38. The van der Waals surface area contributed by atoms with Gasteiger partial charge in [0, 0.05) is 30.8 Å². The molecule has 0 bridgehead atoms. The third-order valence-corrected chi connectivity index (χ3v) is 5.06. The quantitative estimate of drug-likeness (QED) is 0.435. The van der Waals surface area contributed by atoms with Crippen LogP contribution in [0.4, 0.5) is 5.69 Å². The van der Waals surface area contributed by atoms with Crippen LogP contribution < -0.4 is 0 Å². The molecule has 6 heteroatoms. The zero-order chi connectivity index (χ0) is 17.9. The summed E-state index contributed by atoms with van der Waals surface area (Å²) in [6, 6.07) is 4.44. The van der Waals surface area contributed by atoms with Crippen molar-refractivity contribution in [3.63, 3.8) is 0 Å². The van der Waals surface area contributed by atoms with Crippen molar-refractivity contribution in [3.8, 4) is 0 Å². The minimum Gasteiger partial charge on any atom is -0.366 e. The number of hydrogen-bond acceptors (Lipinski definition) is 3. The van der Waals surface area contributed by atoms with Crippen LogP contribution >= 0.6 is 36.2 Å². The van der Waals surface area contributed by atoms with E-state index in [4.69, 9.17) is 4.98 Å². The summed E-state index contributed by atoms with van der Waals surface area (Å²) in [7, 11) is 2.04. The molecule has 0 amide bonds. The molecule has 0 radical (unpaired) electrons. The van der Waals surface area contributed by atoms with E-state index in [2.05, 4.69) is 68.9 Å². The Labute approximate surface area is 174 Å². The second kappa shape index (κ2) is 10.3. The number of benzene rings is 1. The summed E-state index contributed by atoms with van der Waals surface area (Å²) in [4.78, 5) is 11.5. The number of hydrogen-bond donors (Lipinski definition) is 0. The number of aromatic nitrogens is 1. The lowest BCUT2D eigenvalue weighted by Crippen LogP contribution is -2.14. The molecule has 2 aromatic rings. The summed E-state index contributed by atoms with van der Waals surface area (Å²) in [6.45, 7) is 14.0. The highest BCUT2D eigenvalue weighted by molar-refractivity contribution is 7.09. The van der Waals surface area contributed by atoms with Crippen molar-refractivity contribution in [1.82, 2.24) is 9.88 Å². The number of aliphatic imine (C=N–C) groups is 1. The van der Waals surface area contributed by atoms with Gasteiger partial charge in [0.25, 0.3) is 0 Å². The summed E-state index contributed by atoms with van der Waals surface area (Å²) < 4.78 is 0. The van der Waals surface area contributed by atoms with Gasteiger partial charge in [-0.3, -0.25) is 0 Å². The van der Waals surface area contributed by atoms with Gasteiger partial charge in [-0.05, 0) is 43.5 Å². The largest absolute Gasteiger partial charge is 0.366 e. The van der Waals surface area contributed by atoms with Crippen LogP contribution in [0.1, 0.15) is 55.1 Å². The van der Waals surface area contributed by atoms with E-state index in [-0.39, 0.29) is 30.2 Å². The van der Waals surface area contributed by atoms with Gasteiger partial charge >= 0.3 is 0 Å². The highest BCUT2D eigenvalue weighted by Gasteiger charge is 2.17. The number of thiazole rings is 1. The number of rotatable bonds is 5. The first kappa shape index (κ1) is 24.9. The van der Waals surface area contributed by atoms with Crippen LogP contribution in [-0.4, -0.2) is 29.8 Å². The van der Waals surface area contributed by atoms with Crippen molar-refractivity contribution in [1.29, 1.82) is 0 Å². The van der Waals surface area contributed by atoms with Gasteiger partial charge in [0.1, 0.15) is 0 Å². The third-order valence-electron chi connectivity index (χ3n) is 4.21. The molecule has 146 valence electrons. The number of nitrogens with zero attached hydrogens (tertiary/aromatic N) is 3. The van der Waals surface area contributed by atoms with Gasteiger partial charge in [0.05, 0.1) is 22.7 Å². The first-order chi connectivity index (χ1) is 11.2. The zero-order valence-electron chi connectivity index (χ0n) is 16.8. The molecule has 0 atom stereocenters. The van der Waals surface area contributed by atoms with Crippen LogP contribution in [0.2, 0.25) is 0 Å². The monoisotopic (exact) mass is 415 g/mol. The normalized spacial score (nSPS) is 11.2. The van der Waals surface area contributed by atoms with Gasteiger partial charge < -0.3 is 4.90 Å². The fraction of sp³-hybridized carbons (Fsp3) is 0.500. The van der Waals surface area contributed by atoms with Crippen molar-refractivity contribution in [2.75, 3.05) is 13.6 Å². The molecule has 0 unspecified atom stereocenters. The highest BCUT2D eigenvalue weighted by Crippen LogP contribution is 2.28. The van der Waals surface area contributed by atoms with Crippen molar-refractivity contribution < 1.29 is 0 Å². The maximum atomic E-state index is 4.82. The smallest absolute Gasteiger partial charge is 0.0972 e. The molecule has 1 heterocycles. The summed E-state index contributed by atoms with van der Waals surface area (Å²) in [5.74, 6) is 0. The van der Waals surface area contributed by atoms with Crippen LogP contribution in [0.5, 0.6) is 0 Å². The summed E-state index contributed by atoms with van der Waals surface area (Å²) in [6.07, 6.45) is 2.80. The molecule has 0 N–H and O–H groups in total. The van der Waals surface area contributed by atoms with E-state index in [0.717, 1.165) is 18.7 Å². The SMILES string of the molecule is CCN(C)C=Nc1cc(C)c(Cc2nc(C(C)(C)C)cs2)cc1C.Cl.Cl. The van der Waals surface area contributed by atoms with Gasteiger partial charge in [-0.25, -0.2) is 9.98 Å². The average molecular weight is 416 g/mol. The molecule has 0 saturated carbocycles. The predicted octanol–water partition coefficient (Wildman–Crippen LogP) is 6.10. The Balaban J connectivity index is 0.00000312. The van der Waals surface area contributed by atoms with Crippen LogP contribution in [0.25, 0.3) is 0 Å². The lowest BCUT2D eigenvalue weighted by molar-refractivity contribution is 0.552. The lowest BCUT2D eigenvalue weighted by atomic mass is 9.93. The van der Waals surface area contributed by atoms with Crippen LogP contribution in [0.3, 0.4) is 0 Å². The third kappa shape index (κ3) is 6.57. The zero-order valence-corrected chi connectivity index (χ0v) is 19.2. The molecule has 3 nitrogen and oxygen atoms in total. The summed E-state index contributed by atoms with van der Waals surface area (Å²) >= 11 is 1.76. The first-order valence-corrected chi connectivity index (χ1v) is 9.38. The van der Waals surface area contributed by atoms with E-state index >= 15 is 0 Å². The minimum atomic E-state index is 0. The molecule has 0 spiro atoms. The molecular formula is C20H31Cl2N3S. The van der Waals surface area contributed by atoms with Crippen LogP contribution in [0, 0.1) is 13.8 Å². The Morgan fingerprint density at radius 3 is 2.35 bits per heavy atom. The summed E-state index contributed by atoms with van der Waals surface area (Å²) in [5, 5.41) is 3.38. The molecule has 0 aliphatic heterocycles. The van der Waals surface area contributed by atoms with Crippen molar-refractivity contribution in [2.24, 2.45) is 4.99 Å². The Bertz CT molecular complexity index is 733. The van der Waals surface area contributed by atoms with E-state index in [1.54, 1.807) is 11.3 Å². The van der Waals surface area contributed by atoms with Crippen molar-refractivity contribution >= 4 is 48.2 Å². The molecule has 0 fully saturated rings. The van der Waals surface area contributed by atoms with Gasteiger partial charge in [0.15, 0.2) is 0 Å². The van der Waals surface area contributed by atoms with E-state index < -0.39 is 0 Å². The van der Waals surface area contributed by atoms with E-state index in [0.29, 0.717) is 0 Å². The maximum absolute atomic E-state index is 4.82. The Morgan fingerprint density at radius 1 is 1.15 bits per heavy atom. The second-order valence-corrected chi connectivity index (χ2v) is 8.38. The van der Waals surface area contributed by atoms with Crippen molar-refractivity contribution in [2.45, 2.75) is 53.4 Å². The summed E-state index contributed by atoms with van der Waals surface area (Å²) in [5.41, 5.74) is 6.17. The predicted molar refractivity (Wildman–Crippen MR) is 120 cm³/mol. The second-order valence-electron chi connectivity index (χ2n) is 7.44. The molecule has 2 rings (SSSR count). The standard InChI is InChI=1S/C20H29N3S.2ClH/c1-8-23(7)13-21-17-10-14(2)16(9-15(17)3)11-19-22-18(12-24-19)20(4,5)6;;/h9-10,12-13H,8,11H2,1-7H3;2*1H. The topological polar surface area (TPSA) is 28.5 Å². The molecule has 1 aromatic carbocycles. The van der Waals surface area contributed by atoms with E-state index in [1.165, 1.54) is 27.4 Å². The maximum Gasteiger partial charge on any atom is 0.0972 e. The van der Waals surface area contributed by atoms with E-state index in [9.17, 15) is 0 Å². The highest BCUT2D eigenvalue weighted by atomic mass is 35.5. The van der Waals surface area contributed by atoms with Gasteiger partial charge in [-0.1, -0.05) is 26.8 Å². The van der Waals surface area contributed by atoms with E-state index in [1.807, 2.05) is 13.4 Å². The first-order valence-electron chi connectivity index (χ1n) is 8.50. The Hall–Kier alpha value is -1.10. The molecular weight excluding hydrogens is 385 g/mol. The van der Waals surface area contributed by atoms with Gasteiger partial charge in [0.2, 0.25) is 0 Å². The molecule has 26 heavy (non-hydrogen) atoms. The Kier molecular flexibility index (Phi) is 9.85. The number of halogens is 2. The molecule has 0 saturated heterocycles. The molecule has 1 aromatic heterocycles. The van der Waals surface area contributed by atoms with Crippen LogP contribution in [0.15, 0.2) is 22.5 Å². The van der Waals surface area contributed by atoms with Gasteiger partial charge in [-0.2, -0.15) is 0 Å². The number of aryl methyl sites for hydroxylation is 2. The van der Waals surface area contributed by atoms with Crippen molar-refractivity contribution in [3.05, 3.63) is 44.9 Å². The minimum absolute atomic E-state index is 0.